The van der Waals surface area contributed by atoms with Crippen LogP contribution in [0.25, 0.3) is 0 Å². The Balaban J connectivity index is 1.94. The number of hydrogen-bond donors (Lipinski definition) is 3. The largest absolute Gasteiger partial charge is 0.336 e. The molecule has 7 nitrogen and oxygen atoms in total. The highest BCUT2D eigenvalue weighted by molar-refractivity contribution is 6.07. The molecule has 0 bridgehead atoms. The molecule has 0 aliphatic carbocycles. The van der Waals surface area contributed by atoms with Gasteiger partial charge in [-0.05, 0) is 26.7 Å². The van der Waals surface area contributed by atoms with Gasteiger partial charge in [-0.2, -0.15) is 0 Å². The van der Waals surface area contributed by atoms with E-state index in [-0.39, 0.29) is 18.0 Å². The summed E-state index contributed by atoms with van der Waals surface area (Å²) in [4.78, 5) is 36.3. The SMILES string of the molecule is CC(C)NC(=O)N1CCC2(CC1)NC(=O)NC2=O. The van der Waals surface area contributed by atoms with Crippen molar-refractivity contribution in [2.75, 3.05) is 13.1 Å². The summed E-state index contributed by atoms with van der Waals surface area (Å²) < 4.78 is 0. The van der Waals surface area contributed by atoms with Crippen LogP contribution in [0.1, 0.15) is 26.7 Å². The Morgan fingerprint density at radius 3 is 2.39 bits per heavy atom. The van der Waals surface area contributed by atoms with Gasteiger partial charge in [-0.15, -0.1) is 0 Å². The number of amides is 5. The zero-order valence-corrected chi connectivity index (χ0v) is 10.6. The number of nitrogens with one attached hydrogen (secondary N) is 3. The zero-order valence-electron chi connectivity index (χ0n) is 10.6. The van der Waals surface area contributed by atoms with Crippen LogP contribution in [-0.4, -0.2) is 47.5 Å². The lowest BCUT2D eigenvalue weighted by atomic mass is 9.88. The van der Waals surface area contributed by atoms with E-state index in [1.807, 2.05) is 13.8 Å². The van der Waals surface area contributed by atoms with Crippen molar-refractivity contribution in [3.05, 3.63) is 0 Å². The Kier molecular flexibility index (Phi) is 3.14. The highest BCUT2D eigenvalue weighted by Crippen LogP contribution is 2.25. The Morgan fingerprint density at radius 2 is 1.94 bits per heavy atom. The van der Waals surface area contributed by atoms with Crippen LogP contribution in [0, 0.1) is 0 Å². The van der Waals surface area contributed by atoms with E-state index in [4.69, 9.17) is 0 Å². The van der Waals surface area contributed by atoms with Crippen molar-refractivity contribution >= 4 is 18.0 Å². The van der Waals surface area contributed by atoms with Crippen molar-refractivity contribution in [2.45, 2.75) is 38.3 Å². The van der Waals surface area contributed by atoms with Crippen molar-refractivity contribution in [3.8, 4) is 0 Å². The molecular weight excluding hydrogens is 236 g/mol. The molecule has 2 aliphatic rings. The summed E-state index contributed by atoms with van der Waals surface area (Å²) in [5, 5.41) is 7.72. The van der Waals surface area contributed by atoms with Gasteiger partial charge in [0, 0.05) is 19.1 Å². The molecule has 3 N–H and O–H groups in total. The molecule has 0 saturated carbocycles. The third-order valence-electron chi connectivity index (χ3n) is 3.33. The van der Waals surface area contributed by atoms with Crippen molar-refractivity contribution in [2.24, 2.45) is 0 Å². The van der Waals surface area contributed by atoms with E-state index in [0.29, 0.717) is 25.9 Å². The molecule has 2 fully saturated rings. The number of carbonyl (C=O) groups excluding carboxylic acids is 3. The van der Waals surface area contributed by atoms with Crippen molar-refractivity contribution in [1.82, 2.24) is 20.9 Å². The predicted octanol–water partition coefficient (Wildman–Crippen LogP) is -0.222. The molecule has 2 heterocycles. The van der Waals surface area contributed by atoms with Crippen LogP contribution < -0.4 is 16.0 Å². The maximum Gasteiger partial charge on any atom is 0.322 e. The molecule has 0 aromatic heterocycles. The first-order valence-electron chi connectivity index (χ1n) is 6.12. The minimum atomic E-state index is -0.814. The van der Waals surface area contributed by atoms with E-state index < -0.39 is 11.6 Å². The van der Waals surface area contributed by atoms with Crippen molar-refractivity contribution in [1.29, 1.82) is 0 Å². The summed E-state index contributed by atoms with van der Waals surface area (Å²) >= 11 is 0. The molecule has 0 unspecified atom stereocenters. The van der Waals surface area contributed by atoms with E-state index >= 15 is 0 Å². The topological polar surface area (TPSA) is 90.5 Å². The van der Waals surface area contributed by atoms with E-state index in [9.17, 15) is 14.4 Å². The second-order valence-corrected chi connectivity index (χ2v) is 5.08. The van der Waals surface area contributed by atoms with Gasteiger partial charge in [0.1, 0.15) is 5.54 Å². The van der Waals surface area contributed by atoms with Crippen LogP contribution in [0.2, 0.25) is 0 Å². The average Bonchev–Trinajstić information content (AvgIpc) is 2.53. The van der Waals surface area contributed by atoms with Gasteiger partial charge in [0.15, 0.2) is 0 Å². The van der Waals surface area contributed by atoms with Gasteiger partial charge in [-0.25, -0.2) is 9.59 Å². The summed E-state index contributed by atoms with van der Waals surface area (Å²) in [5.74, 6) is -0.281. The number of nitrogens with zero attached hydrogens (tertiary/aromatic N) is 1. The number of piperidine rings is 1. The summed E-state index contributed by atoms with van der Waals surface area (Å²) in [6.45, 7) is 4.72. The number of urea groups is 2. The van der Waals surface area contributed by atoms with Gasteiger partial charge in [0.05, 0.1) is 0 Å². The monoisotopic (exact) mass is 254 g/mol. The molecule has 18 heavy (non-hydrogen) atoms. The molecule has 0 aromatic rings. The number of rotatable bonds is 1. The molecule has 100 valence electrons. The third kappa shape index (κ3) is 2.25. The first-order chi connectivity index (χ1) is 8.43. The lowest BCUT2D eigenvalue weighted by molar-refractivity contribution is -0.125. The van der Waals surface area contributed by atoms with E-state index in [1.165, 1.54) is 0 Å². The Hall–Kier alpha value is -1.79. The van der Waals surface area contributed by atoms with Gasteiger partial charge >= 0.3 is 12.1 Å². The standard InChI is InChI=1S/C11H18N4O3/c1-7(2)12-10(18)15-5-3-11(4-6-15)8(16)13-9(17)14-11/h7H,3-6H2,1-2H3,(H,12,18)(H2,13,14,16,17). The summed E-state index contributed by atoms with van der Waals surface area (Å²) in [7, 11) is 0. The predicted molar refractivity (Wildman–Crippen MR) is 63.9 cm³/mol. The van der Waals surface area contributed by atoms with Gasteiger partial charge in [-0.1, -0.05) is 0 Å². The lowest BCUT2D eigenvalue weighted by Crippen LogP contribution is -2.57. The second-order valence-electron chi connectivity index (χ2n) is 5.08. The van der Waals surface area contributed by atoms with E-state index in [0.717, 1.165) is 0 Å². The van der Waals surface area contributed by atoms with E-state index in [2.05, 4.69) is 16.0 Å². The minimum Gasteiger partial charge on any atom is -0.336 e. The molecule has 2 rings (SSSR count). The molecule has 0 radical (unpaired) electrons. The molecule has 0 atom stereocenters. The summed E-state index contributed by atoms with van der Waals surface area (Å²) in [5.41, 5.74) is -0.814. The summed E-state index contributed by atoms with van der Waals surface area (Å²) in [6.07, 6.45) is 0.909. The third-order valence-corrected chi connectivity index (χ3v) is 3.33. The Labute approximate surface area is 105 Å². The van der Waals surface area contributed by atoms with Crippen molar-refractivity contribution in [3.63, 3.8) is 0 Å². The molecule has 1 spiro atoms. The fraction of sp³-hybridized carbons (Fsp3) is 0.727. The number of imide groups is 1. The second kappa shape index (κ2) is 4.47. The van der Waals surface area contributed by atoms with Crippen molar-refractivity contribution < 1.29 is 14.4 Å². The first kappa shape index (κ1) is 12.7. The average molecular weight is 254 g/mol. The lowest BCUT2D eigenvalue weighted by Gasteiger charge is -2.37. The van der Waals surface area contributed by atoms with Gasteiger partial charge in [0.2, 0.25) is 0 Å². The maximum atomic E-state index is 11.8. The minimum absolute atomic E-state index is 0.0860. The normalized spacial score (nSPS) is 22.1. The van der Waals surface area contributed by atoms with E-state index in [1.54, 1.807) is 4.90 Å². The molecule has 7 heteroatoms. The first-order valence-corrected chi connectivity index (χ1v) is 6.12. The van der Waals surface area contributed by atoms with Crippen LogP contribution >= 0.6 is 0 Å². The highest BCUT2D eigenvalue weighted by Gasteiger charge is 2.48. The van der Waals surface area contributed by atoms with Crippen LogP contribution in [0.4, 0.5) is 9.59 Å². The quantitative estimate of drug-likeness (QED) is 0.565. The zero-order chi connectivity index (χ0) is 13.3. The van der Waals surface area contributed by atoms with Crippen LogP contribution in [-0.2, 0) is 4.79 Å². The fourth-order valence-corrected chi connectivity index (χ4v) is 2.31. The van der Waals surface area contributed by atoms with Gasteiger partial charge in [0.25, 0.3) is 5.91 Å². The van der Waals surface area contributed by atoms with Crippen LogP contribution in [0.15, 0.2) is 0 Å². The summed E-state index contributed by atoms with van der Waals surface area (Å²) in [6, 6.07) is -0.479. The van der Waals surface area contributed by atoms with Gasteiger partial charge < -0.3 is 15.5 Å². The number of hydrogen-bond acceptors (Lipinski definition) is 3. The molecule has 0 aromatic carbocycles. The Bertz CT molecular complexity index is 386. The molecular formula is C11H18N4O3. The van der Waals surface area contributed by atoms with Gasteiger partial charge in [-0.3, -0.25) is 10.1 Å². The number of likely N-dealkylation sites (tertiary alicyclic amines) is 1. The fourth-order valence-electron chi connectivity index (χ4n) is 2.31. The van der Waals surface area contributed by atoms with Crippen LogP contribution in [0.3, 0.4) is 0 Å². The molecule has 5 amide bonds. The smallest absolute Gasteiger partial charge is 0.322 e. The number of carbonyl (C=O) groups is 3. The molecule has 2 saturated heterocycles. The Morgan fingerprint density at radius 1 is 1.33 bits per heavy atom. The maximum absolute atomic E-state index is 11.8. The molecule has 2 aliphatic heterocycles. The highest BCUT2D eigenvalue weighted by atomic mass is 16.2. The van der Waals surface area contributed by atoms with Crippen LogP contribution in [0.5, 0.6) is 0 Å².